The molecule has 1 fully saturated rings. The van der Waals surface area contributed by atoms with E-state index in [1.807, 2.05) is 37.3 Å². The van der Waals surface area contributed by atoms with Crippen molar-refractivity contribution >= 4 is 34.5 Å². The minimum atomic E-state index is -0.438. The molecule has 0 aliphatic carbocycles. The third kappa shape index (κ3) is 3.98. The number of carbonyl (C=O) groups excluding carboxylic acids is 2. The van der Waals surface area contributed by atoms with E-state index in [2.05, 4.69) is 21.4 Å². The monoisotopic (exact) mass is 417 g/mol. The predicted octanol–water partition coefficient (Wildman–Crippen LogP) is 2.76. The van der Waals surface area contributed by atoms with Crippen molar-refractivity contribution < 1.29 is 9.59 Å². The number of rotatable bonds is 4. The first-order valence-electron chi connectivity index (χ1n) is 9.43. The van der Waals surface area contributed by atoms with E-state index in [1.165, 1.54) is 16.7 Å². The molecular formula is C22H19N5O2S. The number of amides is 2. The molecule has 4 rings (SSSR count). The van der Waals surface area contributed by atoms with E-state index in [1.54, 1.807) is 18.5 Å². The Balaban J connectivity index is 1.56. The molecular weight excluding hydrogens is 398 g/mol. The highest BCUT2D eigenvalue weighted by Crippen LogP contribution is 2.25. The van der Waals surface area contributed by atoms with E-state index in [9.17, 15) is 9.59 Å². The van der Waals surface area contributed by atoms with Gasteiger partial charge in [0.15, 0.2) is 0 Å². The maximum Gasteiger partial charge on any atom is 0.252 e. The van der Waals surface area contributed by atoms with Crippen molar-refractivity contribution in [1.29, 1.82) is 5.26 Å². The fourth-order valence-electron chi connectivity index (χ4n) is 3.31. The fourth-order valence-corrected chi connectivity index (χ4v) is 4.41. The number of nitrogens with zero attached hydrogens (tertiary/aromatic N) is 4. The van der Waals surface area contributed by atoms with Crippen LogP contribution in [0.15, 0.2) is 48.8 Å². The largest absolute Gasteiger partial charge is 0.343 e. The van der Waals surface area contributed by atoms with Gasteiger partial charge in [-0.3, -0.25) is 19.6 Å². The molecule has 0 radical (unpaired) electrons. The summed E-state index contributed by atoms with van der Waals surface area (Å²) in [7, 11) is 0. The average molecular weight is 417 g/mol. The van der Waals surface area contributed by atoms with Crippen LogP contribution in [0.1, 0.15) is 16.1 Å². The Bertz CT molecular complexity index is 1160. The molecule has 3 heterocycles. The Kier molecular flexibility index (Phi) is 5.63. The maximum atomic E-state index is 12.8. The number of carbonyl (C=O) groups is 2. The molecule has 1 aliphatic rings. The summed E-state index contributed by atoms with van der Waals surface area (Å²) in [5.41, 5.74) is 3.95. The Morgan fingerprint density at radius 2 is 2.07 bits per heavy atom. The second kappa shape index (κ2) is 8.51. The molecule has 1 aromatic carbocycles. The number of pyridine rings is 2. The maximum absolute atomic E-state index is 12.8. The number of hydrogen-bond donors (Lipinski definition) is 1. The van der Waals surface area contributed by atoms with Gasteiger partial charge < -0.3 is 10.2 Å². The molecule has 30 heavy (non-hydrogen) atoms. The van der Waals surface area contributed by atoms with Gasteiger partial charge in [-0.25, -0.2) is 0 Å². The Labute approximate surface area is 178 Å². The summed E-state index contributed by atoms with van der Waals surface area (Å²) in [5, 5.41) is 12.5. The number of hydrogen-bond acceptors (Lipinski definition) is 6. The van der Waals surface area contributed by atoms with Gasteiger partial charge in [0.25, 0.3) is 5.91 Å². The number of nitrogens with one attached hydrogen (secondary N) is 1. The summed E-state index contributed by atoms with van der Waals surface area (Å²) in [6.45, 7) is 1.78. The van der Waals surface area contributed by atoms with Crippen molar-refractivity contribution in [1.82, 2.24) is 20.2 Å². The molecule has 2 aromatic heterocycles. The molecule has 0 bridgehead atoms. The molecule has 0 spiro atoms. The van der Waals surface area contributed by atoms with Gasteiger partial charge >= 0.3 is 0 Å². The van der Waals surface area contributed by atoms with E-state index in [-0.39, 0.29) is 18.4 Å². The van der Waals surface area contributed by atoms with Gasteiger partial charge in [0.1, 0.15) is 6.04 Å². The van der Waals surface area contributed by atoms with Crippen molar-refractivity contribution in [3.8, 4) is 17.2 Å². The summed E-state index contributed by atoms with van der Waals surface area (Å²) >= 11 is 1.53. The van der Waals surface area contributed by atoms with Gasteiger partial charge in [-0.05, 0) is 36.8 Å². The summed E-state index contributed by atoms with van der Waals surface area (Å²) in [4.78, 5) is 35.4. The van der Waals surface area contributed by atoms with E-state index >= 15 is 0 Å². The molecule has 2 amide bonds. The van der Waals surface area contributed by atoms with Crippen LogP contribution in [0.25, 0.3) is 22.0 Å². The van der Waals surface area contributed by atoms with Crippen molar-refractivity contribution in [2.24, 2.45) is 0 Å². The SMILES string of the molecule is Cc1ccc(-c2ccc3nccc(C(=O)NCC(=O)N4CSC[C@H]4C#N)c3c2)cn1. The highest BCUT2D eigenvalue weighted by atomic mass is 32.2. The van der Waals surface area contributed by atoms with Crippen molar-refractivity contribution in [2.75, 3.05) is 18.2 Å². The molecule has 0 saturated carbocycles. The molecule has 8 heteroatoms. The van der Waals surface area contributed by atoms with Crippen LogP contribution >= 0.6 is 11.8 Å². The molecule has 1 aliphatic heterocycles. The fraction of sp³-hybridized carbons (Fsp3) is 0.227. The van der Waals surface area contributed by atoms with E-state index in [0.717, 1.165) is 16.8 Å². The lowest BCUT2D eigenvalue weighted by molar-refractivity contribution is -0.129. The number of aryl methyl sites for hydroxylation is 1. The van der Waals surface area contributed by atoms with Crippen molar-refractivity contribution in [2.45, 2.75) is 13.0 Å². The summed E-state index contributed by atoms with van der Waals surface area (Å²) in [6.07, 6.45) is 3.37. The zero-order chi connectivity index (χ0) is 21.1. The second-order valence-electron chi connectivity index (χ2n) is 6.97. The third-order valence-electron chi connectivity index (χ3n) is 4.98. The molecule has 150 valence electrons. The van der Waals surface area contributed by atoms with Crippen LogP contribution in [0, 0.1) is 18.3 Å². The van der Waals surface area contributed by atoms with Crippen LogP contribution in [-0.4, -0.2) is 50.9 Å². The van der Waals surface area contributed by atoms with Crippen LogP contribution in [0.5, 0.6) is 0 Å². The van der Waals surface area contributed by atoms with Gasteiger partial charge in [0, 0.05) is 34.8 Å². The second-order valence-corrected chi connectivity index (χ2v) is 7.97. The van der Waals surface area contributed by atoms with E-state index in [0.29, 0.717) is 28.1 Å². The minimum absolute atomic E-state index is 0.150. The van der Waals surface area contributed by atoms with Gasteiger partial charge in [0.05, 0.1) is 29.6 Å². The number of nitriles is 1. The predicted molar refractivity (Wildman–Crippen MR) is 116 cm³/mol. The zero-order valence-corrected chi connectivity index (χ0v) is 17.1. The Hall–Kier alpha value is -3.44. The average Bonchev–Trinajstić information content (AvgIpc) is 3.26. The van der Waals surface area contributed by atoms with Crippen LogP contribution < -0.4 is 5.32 Å². The molecule has 7 nitrogen and oxygen atoms in total. The zero-order valence-electron chi connectivity index (χ0n) is 16.3. The third-order valence-corrected chi connectivity index (χ3v) is 5.99. The number of thioether (sulfide) groups is 1. The molecule has 1 atom stereocenters. The van der Waals surface area contributed by atoms with Crippen molar-refractivity contribution in [3.63, 3.8) is 0 Å². The number of benzene rings is 1. The quantitative estimate of drug-likeness (QED) is 0.701. The van der Waals surface area contributed by atoms with Gasteiger partial charge in [0.2, 0.25) is 5.91 Å². The summed E-state index contributed by atoms with van der Waals surface area (Å²) in [6, 6.07) is 13.0. The lowest BCUT2D eigenvalue weighted by Crippen LogP contribution is -2.42. The summed E-state index contributed by atoms with van der Waals surface area (Å²) in [5.74, 6) is 0.459. The van der Waals surface area contributed by atoms with Gasteiger partial charge in [-0.15, -0.1) is 11.8 Å². The van der Waals surface area contributed by atoms with Crippen LogP contribution in [0.3, 0.4) is 0 Å². The first-order valence-corrected chi connectivity index (χ1v) is 10.6. The smallest absolute Gasteiger partial charge is 0.252 e. The minimum Gasteiger partial charge on any atom is -0.343 e. The standard InChI is InChI=1S/C22H19N5O2S/c1-14-2-3-16(10-25-14)15-4-5-20-19(8-15)18(6-7-24-20)22(29)26-11-21(28)27-13-30-12-17(27)9-23/h2-8,10,17H,11-13H2,1H3,(H,26,29)/t17-/m1/s1. The van der Waals surface area contributed by atoms with Crippen LogP contribution in [0.2, 0.25) is 0 Å². The highest BCUT2D eigenvalue weighted by Gasteiger charge is 2.29. The lowest BCUT2D eigenvalue weighted by Gasteiger charge is -2.18. The molecule has 1 saturated heterocycles. The number of aromatic nitrogens is 2. The van der Waals surface area contributed by atoms with Crippen LogP contribution in [-0.2, 0) is 4.79 Å². The van der Waals surface area contributed by atoms with Gasteiger partial charge in [-0.1, -0.05) is 12.1 Å². The topological polar surface area (TPSA) is 99.0 Å². The lowest BCUT2D eigenvalue weighted by atomic mass is 10.0. The Morgan fingerprint density at radius 3 is 2.83 bits per heavy atom. The van der Waals surface area contributed by atoms with Crippen LogP contribution in [0.4, 0.5) is 0 Å². The van der Waals surface area contributed by atoms with Gasteiger partial charge in [-0.2, -0.15) is 5.26 Å². The van der Waals surface area contributed by atoms with Crippen molar-refractivity contribution in [3.05, 3.63) is 60.0 Å². The summed E-state index contributed by atoms with van der Waals surface area (Å²) < 4.78 is 0. The molecule has 0 unspecified atom stereocenters. The highest BCUT2D eigenvalue weighted by molar-refractivity contribution is 7.99. The molecule has 3 aromatic rings. The van der Waals surface area contributed by atoms with E-state index < -0.39 is 6.04 Å². The first kappa shape index (κ1) is 19.9. The molecule has 1 N–H and O–H groups in total. The first-order chi connectivity index (χ1) is 14.6. The van der Waals surface area contributed by atoms with E-state index in [4.69, 9.17) is 5.26 Å². The Morgan fingerprint density at radius 1 is 1.23 bits per heavy atom. The normalized spacial score (nSPS) is 15.7. The number of fused-ring (bicyclic) bond motifs is 1.